The minimum atomic E-state index is -0.363. The van der Waals surface area contributed by atoms with E-state index in [0.29, 0.717) is 6.54 Å². The fraction of sp³-hybridized carbons (Fsp3) is 0.286. The van der Waals surface area contributed by atoms with Gasteiger partial charge >= 0.3 is 0 Å². The first-order valence-corrected chi connectivity index (χ1v) is 9.33. The lowest BCUT2D eigenvalue weighted by molar-refractivity contribution is 0.0935. The molecule has 4 rings (SSSR count). The van der Waals surface area contributed by atoms with Gasteiger partial charge in [-0.15, -0.1) is 0 Å². The maximum atomic E-state index is 12.9. The predicted octanol–water partition coefficient (Wildman–Crippen LogP) is 2.11. The molecular formula is C21H22N4O3. The number of fused-ring (bicyclic) bond motifs is 1. The highest BCUT2D eigenvalue weighted by atomic mass is 16.5. The van der Waals surface area contributed by atoms with Crippen molar-refractivity contribution in [2.75, 3.05) is 0 Å². The summed E-state index contributed by atoms with van der Waals surface area (Å²) in [5, 5.41) is 10.2. The summed E-state index contributed by atoms with van der Waals surface area (Å²) in [5.41, 5.74) is 4.02. The molecule has 1 aliphatic carbocycles. The molecule has 1 aliphatic rings. The SMILES string of the molecule is Cn1ccc(=O)c(OCc2ccccc2)c1C(=O)NCc1n[nH]c2c1CCC2. The summed E-state index contributed by atoms with van der Waals surface area (Å²) in [6, 6.07) is 10.9. The normalized spacial score (nSPS) is 12.6. The molecule has 0 atom stereocenters. The molecule has 2 heterocycles. The van der Waals surface area contributed by atoms with Gasteiger partial charge < -0.3 is 14.6 Å². The Kier molecular flexibility index (Phi) is 4.97. The molecule has 0 spiro atoms. The van der Waals surface area contributed by atoms with E-state index in [1.807, 2.05) is 30.3 Å². The van der Waals surface area contributed by atoms with Crippen molar-refractivity contribution in [1.29, 1.82) is 0 Å². The summed E-state index contributed by atoms with van der Waals surface area (Å²) in [6.45, 7) is 0.527. The number of carbonyl (C=O) groups is 1. The Morgan fingerprint density at radius 1 is 1.25 bits per heavy atom. The lowest BCUT2D eigenvalue weighted by Crippen LogP contribution is -2.29. The minimum Gasteiger partial charge on any atom is -0.483 e. The van der Waals surface area contributed by atoms with Crippen molar-refractivity contribution in [3.8, 4) is 5.75 Å². The lowest BCUT2D eigenvalue weighted by Gasteiger charge is -2.14. The van der Waals surface area contributed by atoms with Gasteiger partial charge in [-0.1, -0.05) is 30.3 Å². The fourth-order valence-corrected chi connectivity index (χ4v) is 3.52. The van der Waals surface area contributed by atoms with Gasteiger partial charge in [0.2, 0.25) is 5.43 Å². The van der Waals surface area contributed by atoms with Crippen LogP contribution in [0.2, 0.25) is 0 Å². The second-order valence-corrected chi connectivity index (χ2v) is 6.91. The Morgan fingerprint density at radius 2 is 2.07 bits per heavy atom. The van der Waals surface area contributed by atoms with E-state index in [4.69, 9.17) is 4.74 Å². The Bertz CT molecular complexity index is 1050. The number of nitrogens with one attached hydrogen (secondary N) is 2. The monoisotopic (exact) mass is 378 g/mol. The van der Waals surface area contributed by atoms with E-state index in [1.54, 1.807) is 17.8 Å². The van der Waals surface area contributed by atoms with Gasteiger partial charge in [0.15, 0.2) is 11.4 Å². The van der Waals surface area contributed by atoms with E-state index in [9.17, 15) is 9.59 Å². The van der Waals surface area contributed by atoms with E-state index in [-0.39, 0.29) is 29.4 Å². The Morgan fingerprint density at radius 3 is 2.89 bits per heavy atom. The van der Waals surface area contributed by atoms with Gasteiger partial charge in [0.05, 0.1) is 12.2 Å². The molecule has 0 aliphatic heterocycles. The van der Waals surface area contributed by atoms with Crippen molar-refractivity contribution < 1.29 is 9.53 Å². The van der Waals surface area contributed by atoms with Crippen molar-refractivity contribution in [2.45, 2.75) is 32.4 Å². The van der Waals surface area contributed by atoms with Crippen LogP contribution in [0.25, 0.3) is 0 Å². The Labute approximate surface area is 162 Å². The average molecular weight is 378 g/mol. The number of nitrogens with zero attached hydrogens (tertiary/aromatic N) is 2. The van der Waals surface area contributed by atoms with E-state index in [1.165, 1.54) is 11.6 Å². The van der Waals surface area contributed by atoms with E-state index >= 15 is 0 Å². The highest BCUT2D eigenvalue weighted by molar-refractivity contribution is 5.95. The molecule has 0 bridgehead atoms. The molecule has 2 N–H and O–H groups in total. The van der Waals surface area contributed by atoms with E-state index < -0.39 is 0 Å². The summed E-state index contributed by atoms with van der Waals surface area (Å²) >= 11 is 0. The van der Waals surface area contributed by atoms with Crippen LogP contribution in [-0.2, 0) is 33.0 Å². The standard InChI is InChI=1S/C21H22N4O3/c1-25-11-10-18(26)20(28-13-14-6-3-2-4-7-14)19(25)21(27)22-12-17-15-8-5-9-16(15)23-24-17/h2-4,6-7,10-11H,5,8-9,12-13H2,1H3,(H,22,27)(H,23,24). The molecule has 1 aromatic carbocycles. The van der Waals surface area contributed by atoms with Gasteiger partial charge in [-0.05, 0) is 30.4 Å². The second kappa shape index (κ2) is 7.72. The molecule has 0 saturated carbocycles. The maximum absolute atomic E-state index is 12.9. The zero-order valence-corrected chi connectivity index (χ0v) is 15.7. The molecule has 0 saturated heterocycles. The number of ether oxygens (including phenoxy) is 1. The number of amides is 1. The van der Waals surface area contributed by atoms with Gasteiger partial charge in [0.25, 0.3) is 5.91 Å². The van der Waals surface area contributed by atoms with Gasteiger partial charge in [-0.2, -0.15) is 5.10 Å². The lowest BCUT2D eigenvalue weighted by atomic mass is 10.2. The molecule has 0 fully saturated rings. The summed E-state index contributed by atoms with van der Waals surface area (Å²) in [4.78, 5) is 25.2. The van der Waals surface area contributed by atoms with Crippen molar-refractivity contribution in [1.82, 2.24) is 20.1 Å². The molecule has 7 heteroatoms. The molecule has 1 amide bonds. The van der Waals surface area contributed by atoms with Crippen LogP contribution < -0.4 is 15.5 Å². The number of hydrogen-bond donors (Lipinski definition) is 2. The Balaban J connectivity index is 1.53. The Hall–Kier alpha value is -3.35. The quantitative estimate of drug-likeness (QED) is 0.688. The molecule has 0 unspecified atom stereocenters. The molecule has 28 heavy (non-hydrogen) atoms. The van der Waals surface area contributed by atoms with Crippen LogP contribution in [0, 0.1) is 0 Å². The van der Waals surface area contributed by atoms with Crippen molar-refractivity contribution in [2.24, 2.45) is 7.05 Å². The number of rotatable bonds is 6. The zero-order valence-electron chi connectivity index (χ0n) is 15.7. The van der Waals surface area contributed by atoms with Crippen LogP contribution in [-0.4, -0.2) is 20.7 Å². The summed E-state index contributed by atoms with van der Waals surface area (Å²) < 4.78 is 7.35. The van der Waals surface area contributed by atoms with Crippen LogP contribution in [0.5, 0.6) is 5.75 Å². The summed E-state index contributed by atoms with van der Waals surface area (Å²) in [5.74, 6) is -0.309. The third kappa shape index (κ3) is 3.55. The fourth-order valence-electron chi connectivity index (χ4n) is 3.52. The van der Waals surface area contributed by atoms with Crippen LogP contribution in [0.15, 0.2) is 47.4 Å². The van der Waals surface area contributed by atoms with Gasteiger partial charge in [0.1, 0.15) is 6.61 Å². The number of aryl methyl sites for hydroxylation is 2. The number of pyridine rings is 1. The first-order valence-electron chi connectivity index (χ1n) is 9.33. The molecule has 3 aromatic rings. The largest absolute Gasteiger partial charge is 0.483 e. The first-order chi connectivity index (χ1) is 13.6. The molecule has 0 radical (unpaired) electrons. The highest BCUT2D eigenvalue weighted by Gasteiger charge is 2.22. The van der Waals surface area contributed by atoms with E-state index in [2.05, 4.69) is 15.5 Å². The topological polar surface area (TPSA) is 89.0 Å². The smallest absolute Gasteiger partial charge is 0.272 e. The summed E-state index contributed by atoms with van der Waals surface area (Å²) in [6.07, 6.45) is 4.65. The number of hydrogen-bond acceptors (Lipinski definition) is 4. The van der Waals surface area contributed by atoms with Gasteiger partial charge in [-0.3, -0.25) is 14.7 Å². The average Bonchev–Trinajstić information content (AvgIpc) is 3.31. The van der Waals surface area contributed by atoms with Crippen LogP contribution in [0.3, 0.4) is 0 Å². The van der Waals surface area contributed by atoms with Gasteiger partial charge in [0, 0.05) is 25.0 Å². The van der Waals surface area contributed by atoms with E-state index in [0.717, 1.165) is 36.2 Å². The number of carbonyl (C=O) groups excluding carboxylic acids is 1. The van der Waals surface area contributed by atoms with Crippen molar-refractivity contribution in [3.63, 3.8) is 0 Å². The number of benzene rings is 1. The maximum Gasteiger partial charge on any atom is 0.272 e. The summed E-state index contributed by atoms with van der Waals surface area (Å²) in [7, 11) is 1.72. The zero-order chi connectivity index (χ0) is 19.5. The highest BCUT2D eigenvalue weighted by Crippen LogP contribution is 2.22. The van der Waals surface area contributed by atoms with Gasteiger partial charge in [-0.25, -0.2) is 0 Å². The van der Waals surface area contributed by atoms with Crippen LogP contribution in [0.1, 0.15) is 39.4 Å². The first kappa shape index (κ1) is 18.0. The van der Waals surface area contributed by atoms with Crippen LogP contribution in [0.4, 0.5) is 0 Å². The van der Waals surface area contributed by atoms with Crippen LogP contribution >= 0.6 is 0 Å². The number of aromatic amines is 1. The second-order valence-electron chi connectivity index (χ2n) is 6.91. The molecule has 2 aromatic heterocycles. The number of aromatic nitrogens is 3. The number of H-pyrrole nitrogens is 1. The molecule has 7 nitrogen and oxygen atoms in total. The molecule has 144 valence electrons. The third-order valence-electron chi connectivity index (χ3n) is 4.99. The molecular weight excluding hydrogens is 356 g/mol. The van der Waals surface area contributed by atoms with Crippen molar-refractivity contribution >= 4 is 5.91 Å². The van der Waals surface area contributed by atoms with Crippen molar-refractivity contribution in [3.05, 3.63) is 81.0 Å². The minimum absolute atomic E-state index is 0.0543. The predicted molar refractivity (Wildman–Crippen MR) is 104 cm³/mol. The third-order valence-corrected chi connectivity index (χ3v) is 4.99.